The number of hydrogen-bond acceptors (Lipinski definition) is 4. The summed E-state index contributed by atoms with van der Waals surface area (Å²) in [7, 11) is 0. The summed E-state index contributed by atoms with van der Waals surface area (Å²) < 4.78 is 0. The van der Waals surface area contributed by atoms with Crippen LogP contribution in [0.1, 0.15) is 34.5 Å². The lowest BCUT2D eigenvalue weighted by Gasteiger charge is -2.22. The molecule has 2 heterocycles. The zero-order chi connectivity index (χ0) is 20.9. The first-order valence-electron chi connectivity index (χ1n) is 9.47. The maximum atomic E-state index is 13.0. The van der Waals surface area contributed by atoms with Crippen molar-refractivity contribution in [1.82, 2.24) is 20.6 Å². The highest BCUT2D eigenvalue weighted by molar-refractivity contribution is 7.10. The van der Waals surface area contributed by atoms with Gasteiger partial charge in [0.2, 0.25) is 5.91 Å². The maximum Gasteiger partial charge on any atom is 0.312 e. The SMILES string of the molecule is NC(=O)NC(CC(=O)NC(c1ccccc1)c1ccc2nc[nH]c2c1)c1cccs1. The number of nitrogens with two attached hydrogens (primary N) is 1. The zero-order valence-electron chi connectivity index (χ0n) is 16.0. The van der Waals surface area contributed by atoms with Crippen LogP contribution in [0.25, 0.3) is 11.0 Å². The molecule has 0 saturated heterocycles. The minimum Gasteiger partial charge on any atom is -0.352 e. The van der Waals surface area contributed by atoms with E-state index in [1.54, 1.807) is 6.33 Å². The summed E-state index contributed by atoms with van der Waals surface area (Å²) in [5, 5.41) is 7.67. The number of aromatic nitrogens is 2. The van der Waals surface area contributed by atoms with Gasteiger partial charge in [0.05, 0.1) is 35.9 Å². The van der Waals surface area contributed by atoms with E-state index in [1.165, 1.54) is 11.3 Å². The van der Waals surface area contributed by atoms with Crippen LogP contribution in [0.15, 0.2) is 72.4 Å². The maximum absolute atomic E-state index is 13.0. The third kappa shape index (κ3) is 4.49. The quantitative estimate of drug-likeness (QED) is 0.367. The molecule has 0 spiro atoms. The van der Waals surface area contributed by atoms with Crippen molar-refractivity contribution in [3.05, 3.63) is 88.4 Å². The molecule has 0 bridgehead atoms. The second-order valence-electron chi connectivity index (χ2n) is 6.87. The standard InChI is InChI=1S/C22H21N5O2S/c23-22(29)26-18(19-7-4-10-30-19)12-20(28)27-21(14-5-2-1-3-6-14)15-8-9-16-17(11-15)25-13-24-16/h1-11,13,18,21H,12H2,(H,24,25)(H,27,28)(H3,23,26,29). The summed E-state index contributed by atoms with van der Waals surface area (Å²) in [5.41, 5.74) is 8.96. The van der Waals surface area contributed by atoms with Crippen LogP contribution in [-0.4, -0.2) is 21.9 Å². The largest absolute Gasteiger partial charge is 0.352 e. The lowest BCUT2D eigenvalue weighted by Crippen LogP contribution is -2.37. The number of urea groups is 1. The molecule has 3 amide bonds. The second-order valence-corrected chi connectivity index (χ2v) is 7.85. The third-order valence-corrected chi connectivity index (χ3v) is 5.79. The fourth-order valence-electron chi connectivity index (χ4n) is 3.43. The summed E-state index contributed by atoms with van der Waals surface area (Å²) >= 11 is 1.47. The molecule has 4 aromatic rings. The molecule has 0 aliphatic heterocycles. The van der Waals surface area contributed by atoms with Gasteiger partial charge in [-0.25, -0.2) is 9.78 Å². The molecule has 0 fully saturated rings. The Balaban J connectivity index is 1.59. The highest BCUT2D eigenvalue weighted by Gasteiger charge is 2.22. The van der Waals surface area contributed by atoms with Crippen LogP contribution >= 0.6 is 11.3 Å². The molecule has 5 N–H and O–H groups in total. The van der Waals surface area contributed by atoms with Crippen LogP contribution in [0.2, 0.25) is 0 Å². The monoisotopic (exact) mass is 419 g/mol. The van der Waals surface area contributed by atoms with Crippen molar-refractivity contribution in [1.29, 1.82) is 0 Å². The normalized spacial score (nSPS) is 12.9. The number of nitrogens with one attached hydrogen (secondary N) is 3. The van der Waals surface area contributed by atoms with Crippen molar-refractivity contribution in [3.63, 3.8) is 0 Å². The number of primary amides is 1. The summed E-state index contributed by atoms with van der Waals surface area (Å²) in [6.45, 7) is 0. The van der Waals surface area contributed by atoms with Crippen LogP contribution in [-0.2, 0) is 4.79 Å². The number of rotatable bonds is 7. The van der Waals surface area contributed by atoms with Crippen molar-refractivity contribution in [3.8, 4) is 0 Å². The van der Waals surface area contributed by atoms with Crippen LogP contribution in [0.5, 0.6) is 0 Å². The average Bonchev–Trinajstić information content (AvgIpc) is 3.43. The summed E-state index contributed by atoms with van der Waals surface area (Å²) in [6, 6.07) is 17.9. The van der Waals surface area contributed by atoms with Crippen molar-refractivity contribution < 1.29 is 9.59 Å². The van der Waals surface area contributed by atoms with Gasteiger partial charge >= 0.3 is 6.03 Å². The number of hydrogen-bond donors (Lipinski definition) is 4. The van der Waals surface area contributed by atoms with Crippen molar-refractivity contribution in [2.24, 2.45) is 5.73 Å². The van der Waals surface area contributed by atoms with E-state index in [4.69, 9.17) is 5.73 Å². The molecule has 7 nitrogen and oxygen atoms in total. The number of carbonyl (C=O) groups is 2. The Morgan fingerprint density at radius 2 is 1.87 bits per heavy atom. The molecule has 30 heavy (non-hydrogen) atoms. The fraction of sp³-hybridized carbons (Fsp3) is 0.136. The van der Waals surface area contributed by atoms with Gasteiger partial charge in [-0.2, -0.15) is 0 Å². The van der Waals surface area contributed by atoms with Gasteiger partial charge in [-0.3, -0.25) is 4.79 Å². The lowest BCUT2D eigenvalue weighted by atomic mass is 9.97. The molecule has 0 aliphatic carbocycles. The molecule has 0 radical (unpaired) electrons. The van der Waals surface area contributed by atoms with Gasteiger partial charge in [0.15, 0.2) is 0 Å². The van der Waals surface area contributed by atoms with Crippen LogP contribution < -0.4 is 16.4 Å². The van der Waals surface area contributed by atoms with E-state index in [-0.39, 0.29) is 18.4 Å². The molecule has 152 valence electrons. The number of H-pyrrole nitrogens is 1. The Hall–Kier alpha value is -3.65. The summed E-state index contributed by atoms with van der Waals surface area (Å²) in [4.78, 5) is 32.6. The van der Waals surface area contributed by atoms with Gasteiger partial charge in [-0.15, -0.1) is 11.3 Å². The van der Waals surface area contributed by atoms with E-state index in [9.17, 15) is 9.59 Å². The van der Waals surface area contributed by atoms with Crippen molar-refractivity contribution >= 4 is 34.3 Å². The number of fused-ring (bicyclic) bond motifs is 1. The topological polar surface area (TPSA) is 113 Å². The van der Waals surface area contributed by atoms with E-state index in [0.717, 1.165) is 27.0 Å². The fourth-order valence-corrected chi connectivity index (χ4v) is 4.20. The van der Waals surface area contributed by atoms with Crippen LogP contribution in [0.4, 0.5) is 4.79 Å². The van der Waals surface area contributed by atoms with Crippen molar-refractivity contribution in [2.75, 3.05) is 0 Å². The smallest absolute Gasteiger partial charge is 0.312 e. The highest BCUT2D eigenvalue weighted by Crippen LogP contribution is 2.26. The molecule has 0 saturated carbocycles. The molecular weight excluding hydrogens is 398 g/mol. The van der Waals surface area contributed by atoms with Gasteiger partial charge in [-0.05, 0) is 34.7 Å². The number of carbonyl (C=O) groups excluding carboxylic acids is 2. The molecule has 2 aromatic carbocycles. The van der Waals surface area contributed by atoms with E-state index in [2.05, 4.69) is 20.6 Å². The summed E-state index contributed by atoms with van der Waals surface area (Å²) in [5.74, 6) is -0.194. The number of nitrogens with zero attached hydrogens (tertiary/aromatic N) is 1. The molecule has 2 unspecified atom stereocenters. The number of aromatic amines is 1. The summed E-state index contributed by atoms with van der Waals surface area (Å²) in [6.07, 6.45) is 1.73. The van der Waals surface area contributed by atoms with E-state index >= 15 is 0 Å². The molecule has 4 rings (SSSR count). The van der Waals surface area contributed by atoms with E-state index in [1.807, 2.05) is 66.0 Å². The zero-order valence-corrected chi connectivity index (χ0v) is 16.9. The molecule has 0 aliphatic rings. The average molecular weight is 420 g/mol. The van der Waals surface area contributed by atoms with Crippen LogP contribution in [0, 0.1) is 0 Å². The number of imidazole rings is 1. The Bertz CT molecular complexity index is 1140. The van der Waals surface area contributed by atoms with Crippen LogP contribution in [0.3, 0.4) is 0 Å². The number of thiophene rings is 1. The lowest BCUT2D eigenvalue weighted by molar-refractivity contribution is -0.122. The molecule has 8 heteroatoms. The molecule has 2 aromatic heterocycles. The first-order chi connectivity index (χ1) is 14.6. The number of amides is 3. The van der Waals surface area contributed by atoms with Crippen molar-refractivity contribution in [2.45, 2.75) is 18.5 Å². The Morgan fingerprint density at radius 1 is 1.03 bits per heavy atom. The molecular formula is C22H21N5O2S. The predicted molar refractivity (Wildman–Crippen MR) is 117 cm³/mol. The second kappa shape index (κ2) is 8.79. The minimum atomic E-state index is -0.662. The third-order valence-electron chi connectivity index (χ3n) is 4.81. The highest BCUT2D eigenvalue weighted by atomic mass is 32.1. The number of benzene rings is 2. The predicted octanol–water partition coefficient (Wildman–Crippen LogP) is 3.63. The Labute approximate surface area is 177 Å². The Kier molecular flexibility index (Phi) is 5.76. The van der Waals surface area contributed by atoms with Gasteiger partial charge in [0.1, 0.15) is 0 Å². The van der Waals surface area contributed by atoms with Gasteiger partial charge in [-0.1, -0.05) is 42.5 Å². The molecule has 2 atom stereocenters. The minimum absolute atomic E-state index is 0.0824. The Morgan fingerprint density at radius 3 is 2.60 bits per heavy atom. The van der Waals surface area contributed by atoms with Gasteiger partial charge in [0, 0.05) is 4.88 Å². The van der Waals surface area contributed by atoms with E-state index in [0.29, 0.717) is 0 Å². The van der Waals surface area contributed by atoms with E-state index < -0.39 is 12.1 Å². The first-order valence-corrected chi connectivity index (χ1v) is 10.3. The van der Waals surface area contributed by atoms with Gasteiger partial charge < -0.3 is 21.4 Å². The first kappa shape index (κ1) is 19.7. The van der Waals surface area contributed by atoms with Gasteiger partial charge in [0.25, 0.3) is 0 Å².